The van der Waals surface area contributed by atoms with Crippen LogP contribution in [0.25, 0.3) is 0 Å². The lowest BCUT2D eigenvalue weighted by molar-refractivity contribution is -0.136. The zero-order chi connectivity index (χ0) is 20.9. The summed E-state index contributed by atoms with van der Waals surface area (Å²) in [5, 5.41) is 7.15. The third-order valence-electron chi connectivity index (χ3n) is 4.94. The summed E-state index contributed by atoms with van der Waals surface area (Å²) in [6, 6.07) is 18.5. The minimum atomic E-state index is -0.715. The first kappa shape index (κ1) is 19.8. The summed E-state index contributed by atoms with van der Waals surface area (Å²) >= 11 is 1.42. The van der Waals surface area contributed by atoms with E-state index >= 15 is 0 Å². The normalized spacial score (nSPS) is 12.7. The minimum absolute atomic E-state index is 0.0111. The van der Waals surface area contributed by atoms with E-state index in [0.717, 1.165) is 29.7 Å². The van der Waals surface area contributed by atoms with Crippen molar-refractivity contribution in [2.45, 2.75) is 19.4 Å². The Bertz CT molecular complexity index is 1060. The topological polar surface area (TPSA) is 78.5 Å². The molecule has 0 bridgehead atoms. The van der Waals surface area contributed by atoms with Crippen molar-refractivity contribution in [3.63, 3.8) is 0 Å². The van der Waals surface area contributed by atoms with Crippen molar-refractivity contribution in [2.24, 2.45) is 0 Å². The van der Waals surface area contributed by atoms with Crippen molar-refractivity contribution in [1.82, 2.24) is 5.32 Å². The first-order valence-corrected chi connectivity index (χ1v) is 10.6. The van der Waals surface area contributed by atoms with Crippen LogP contribution < -0.4 is 15.5 Å². The van der Waals surface area contributed by atoms with Gasteiger partial charge in [0.15, 0.2) is 0 Å². The zero-order valence-electron chi connectivity index (χ0n) is 16.3. The number of thiophene rings is 1. The van der Waals surface area contributed by atoms with Gasteiger partial charge in [0, 0.05) is 24.5 Å². The molecule has 30 heavy (non-hydrogen) atoms. The predicted molar refractivity (Wildman–Crippen MR) is 118 cm³/mol. The van der Waals surface area contributed by atoms with Crippen LogP contribution in [0, 0.1) is 0 Å². The molecule has 1 aromatic heterocycles. The van der Waals surface area contributed by atoms with E-state index < -0.39 is 11.8 Å². The minimum Gasteiger partial charge on any atom is -0.344 e. The van der Waals surface area contributed by atoms with E-state index in [0.29, 0.717) is 17.1 Å². The average Bonchev–Trinajstić information content (AvgIpc) is 3.32. The van der Waals surface area contributed by atoms with Crippen molar-refractivity contribution in [3.05, 3.63) is 82.0 Å². The molecule has 0 aliphatic carbocycles. The van der Waals surface area contributed by atoms with E-state index in [1.807, 2.05) is 60.0 Å². The second-order valence-corrected chi connectivity index (χ2v) is 7.95. The highest BCUT2D eigenvalue weighted by Gasteiger charge is 2.24. The molecule has 6 nitrogen and oxygen atoms in total. The molecule has 0 saturated heterocycles. The summed E-state index contributed by atoms with van der Waals surface area (Å²) in [5.74, 6) is -1.41. The van der Waals surface area contributed by atoms with Gasteiger partial charge in [-0.25, -0.2) is 0 Å². The molecular weight excluding hydrogens is 398 g/mol. The predicted octanol–water partition coefficient (Wildman–Crippen LogP) is 3.60. The molecule has 7 heteroatoms. The van der Waals surface area contributed by atoms with Gasteiger partial charge in [-0.1, -0.05) is 36.4 Å². The lowest BCUT2D eigenvalue weighted by Gasteiger charge is -2.29. The maximum absolute atomic E-state index is 12.8. The third-order valence-corrected chi connectivity index (χ3v) is 5.79. The van der Waals surface area contributed by atoms with Crippen molar-refractivity contribution in [2.75, 3.05) is 16.8 Å². The Kier molecular flexibility index (Phi) is 5.90. The lowest BCUT2D eigenvalue weighted by atomic mass is 10.0. The third kappa shape index (κ3) is 4.41. The number of carbonyl (C=O) groups excluding carboxylic acids is 3. The Balaban J connectivity index is 1.41. The van der Waals surface area contributed by atoms with Crippen molar-refractivity contribution in [1.29, 1.82) is 0 Å². The molecule has 3 aromatic rings. The quantitative estimate of drug-likeness (QED) is 0.635. The molecule has 0 spiro atoms. The van der Waals surface area contributed by atoms with E-state index in [9.17, 15) is 14.4 Å². The maximum Gasteiger partial charge on any atom is 0.313 e. The summed E-state index contributed by atoms with van der Waals surface area (Å²) < 4.78 is 0. The number of benzene rings is 2. The van der Waals surface area contributed by atoms with Gasteiger partial charge >= 0.3 is 11.8 Å². The summed E-state index contributed by atoms with van der Waals surface area (Å²) in [6.45, 7) is 0.953. The number of rotatable bonds is 4. The Morgan fingerprint density at radius 1 is 0.967 bits per heavy atom. The molecule has 2 heterocycles. The highest BCUT2D eigenvalue weighted by Crippen LogP contribution is 2.31. The molecule has 1 aliphatic rings. The molecule has 4 rings (SSSR count). The number of aryl methyl sites for hydroxylation is 1. The van der Waals surface area contributed by atoms with Crippen molar-refractivity contribution < 1.29 is 14.4 Å². The first-order chi connectivity index (χ1) is 14.6. The van der Waals surface area contributed by atoms with Crippen LogP contribution in [0.4, 0.5) is 11.4 Å². The molecule has 152 valence electrons. The smallest absolute Gasteiger partial charge is 0.313 e. The Morgan fingerprint density at radius 3 is 2.57 bits per heavy atom. The van der Waals surface area contributed by atoms with E-state index in [1.165, 1.54) is 11.3 Å². The van der Waals surface area contributed by atoms with Gasteiger partial charge in [0.05, 0.1) is 4.88 Å². The van der Waals surface area contributed by atoms with Gasteiger partial charge in [0.25, 0.3) is 5.91 Å². The van der Waals surface area contributed by atoms with Gasteiger partial charge in [-0.05, 0) is 53.6 Å². The van der Waals surface area contributed by atoms with E-state index in [1.54, 1.807) is 11.0 Å². The van der Waals surface area contributed by atoms with E-state index in [-0.39, 0.29) is 12.5 Å². The maximum atomic E-state index is 12.8. The highest BCUT2D eigenvalue weighted by atomic mass is 32.1. The molecule has 0 unspecified atom stereocenters. The summed E-state index contributed by atoms with van der Waals surface area (Å²) in [5.41, 5.74) is 3.29. The molecule has 2 aromatic carbocycles. The van der Waals surface area contributed by atoms with E-state index in [2.05, 4.69) is 10.6 Å². The number of fused-ring (bicyclic) bond motifs is 1. The molecule has 0 atom stereocenters. The molecule has 2 N–H and O–H groups in total. The average molecular weight is 420 g/mol. The van der Waals surface area contributed by atoms with Crippen LogP contribution in [0.2, 0.25) is 0 Å². The van der Waals surface area contributed by atoms with Gasteiger partial charge in [-0.3, -0.25) is 14.4 Å². The summed E-state index contributed by atoms with van der Waals surface area (Å²) in [6.07, 6.45) is 1.66. The van der Waals surface area contributed by atoms with Crippen LogP contribution in [-0.2, 0) is 22.6 Å². The van der Waals surface area contributed by atoms with Gasteiger partial charge in [-0.15, -0.1) is 11.3 Å². The number of amides is 3. The van der Waals surface area contributed by atoms with E-state index in [4.69, 9.17) is 0 Å². The van der Waals surface area contributed by atoms with Crippen LogP contribution in [0.3, 0.4) is 0 Å². The second kappa shape index (κ2) is 8.92. The Morgan fingerprint density at radius 2 is 1.80 bits per heavy atom. The Hall–Kier alpha value is -3.45. The van der Waals surface area contributed by atoms with Crippen LogP contribution in [-0.4, -0.2) is 24.3 Å². The summed E-state index contributed by atoms with van der Waals surface area (Å²) in [4.78, 5) is 39.6. The fraction of sp³-hybridized carbons (Fsp3) is 0.174. The van der Waals surface area contributed by atoms with Crippen molar-refractivity contribution in [3.8, 4) is 0 Å². The molecule has 0 saturated carbocycles. The SMILES string of the molecule is O=C(NCc1ccccc1)C(=O)Nc1ccc2c(c1)CCCN2C(=O)c1cccs1. The zero-order valence-corrected chi connectivity index (χ0v) is 17.1. The Labute approximate surface area is 178 Å². The van der Waals surface area contributed by atoms with Crippen LogP contribution in [0.5, 0.6) is 0 Å². The fourth-order valence-corrected chi connectivity index (χ4v) is 4.14. The van der Waals surface area contributed by atoms with Gasteiger partial charge in [-0.2, -0.15) is 0 Å². The largest absolute Gasteiger partial charge is 0.344 e. The highest BCUT2D eigenvalue weighted by molar-refractivity contribution is 7.12. The number of nitrogens with one attached hydrogen (secondary N) is 2. The van der Waals surface area contributed by atoms with Crippen LogP contribution in [0.15, 0.2) is 66.0 Å². The number of nitrogens with zero attached hydrogens (tertiary/aromatic N) is 1. The summed E-state index contributed by atoms with van der Waals surface area (Å²) in [7, 11) is 0. The monoisotopic (exact) mass is 419 g/mol. The molecule has 1 aliphatic heterocycles. The van der Waals surface area contributed by atoms with Gasteiger partial charge in [0.1, 0.15) is 0 Å². The van der Waals surface area contributed by atoms with Gasteiger partial charge in [0.2, 0.25) is 0 Å². The van der Waals surface area contributed by atoms with Crippen LogP contribution in [0.1, 0.15) is 27.2 Å². The standard InChI is InChI=1S/C23H21N3O3S/c27-21(24-15-16-6-2-1-3-7-16)22(28)25-18-10-11-19-17(14-18)8-4-12-26(19)23(29)20-9-5-13-30-20/h1-3,5-7,9-11,13-14H,4,8,12,15H2,(H,24,27)(H,25,28). The molecule has 0 fully saturated rings. The van der Waals surface area contributed by atoms with Crippen LogP contribution >= 0.6 is 11.3 Å². The molecule has 3 amide bonds. The number of hydrogen-bond donors (Lipinski definition) is 2. The number of carbonyl (C=O) groups is 3. The number of hydrogen-bond acceptors (Lipinski definition) is 4. The van der Waals surface area contributed by atoms with Gasteiger partial charge < -0.3 is 15.5 Å². The second-order valence-electron chi connectivity index (χ2n) is 7.00. The number of anilines is 2. The lowest BCUT2D eigenvalue weighted by Crippen LogP contribution is -2.36. The first-order valence-electron chi connectivity index (χ1n) is 9.73. The van der Waals surface area contributed by atoms with Crippen molar-refractivity contribution >= 4 is 40.4 Å². The fourth-order valence-electron chi connectivity index (χ4n) is 3.47. The molecule has 0 radical (unpaired) electrons. The molecular formula is C23H21N3O3S.